The Morgan fingerprint density at radius 2 is 1.73 bits per heavy atom. The minimum absolute atomic E-state index is 0.00853. The fourth-order valence-corrected chi connectivity index (χ4v) is 4.13. The lowest BCUT2D eigenvalue weighted by atomic mass is 10.1. The van der Waals surface area contributed by atoms with E-state index in [2.05, 4.69) is 5.32 Å². The van der Waals surface area contributed by atoms with E-state index in [1.807, 2.05) is 12.1 Å². The first-order valence-electron chi connectivity index (χ1n) is 8.94. The number of halogens is 2. The molecule has 0 bridgehead atoms. The van der Waals surface area contributed by atoms with Gasteiger partial charge in [0.25, 0.3) is 5.69 Å². The Hall–Kier alpha value is -2.45. The highest BCUT2D eigenvalue weighted by atomic mass is 35.5. The number of phenolic OH excluding ortho intramolecular Hbond substituents is 1. The van der Waals surface area contributed by atoms with Crippen LogP contribution in [0.1, 0.15) is 11.1 Å². The number of rotatable bonds is 8. The largest absolute Gasteiger partial charge is 0.505 e. The second-order valence-electron chi connectivity index (χ2n) is 6.39. The van der Waals surface area contributed by atoms with Crippen LogP contribution in [0.5, 0.6) is 5.75 Å². The fraction of sp³-hybridized carbons (Fsp3) is 0.143. The highest BCUT2D eigenvalue weighted by Gasteiger charge is 2.14. The summed E-state index contributed by atoms with van der Waals surface area (Å²) in [5.41, 5.74) is 1.57. The van der Waals surface area contributed by atoms with Crippen LogP contribution in [0, 0.1) is 10.1 Å². The first kappa shape index (κ1) is 22.2. The molecule has 0 aliphatic rings. The lowest BCUT2D eigenvalue weighted by Gasteiger charge is -2.14. The number of anilines is 1. The summed E-state index contributed by atoms with van der Waals surface area (Å²) < 4.78 is 0. The third-order valence-electron chi connectivity index (χ3n) is 4.30. The van der Waals surface area contributed by atoms with Crippen molar-refractivity contribution in [2.24, 2.45) is 0 Å². The van der Waals surface area contributed by atoms with Crippen molar-refractivity contribution in [1.29, 1.82) is 0 Å². The number of phenols is 1. The molecule has 3 aromatic carbocycles. The van der Waals surface area contributed by atoms with Crippen molar-refractivity contribution in [2.75, 3.05) is 11.9 Å². The molecule has 3 aromatic rings. The van der Waals surface area contributed by atoms with E-state index in [0.717, 1.165) is 9.79 Å². The Labute approximate surface area is 187 Å². The summed E-state index contributed by atoms with van der Waals surface area (Å²) in [6, 6.07) is 15.1. The first-order chi connectivity index (χ1) is 14.4. The van der Waals surface area contributed by atoms with Crippen molar-refractivity contribution in [3.8, 4) is 5.75 Å². The zero-order valence-corrected chi connectivity index (χ0v) is 18.0. The Balaban J connectivity index is 1.89. The molecule has 0 aromatic heterocycles. The van der Waals surface area contributed by atoms with Gasteiger partial charge in [0.15, 0.2) is 0 Å². The second kappa shape index (κ2) is 10.0. The normalized spacial score (nSPS) is 10.8. The summed E-state index contributed by atoms with van der Waals surface area (Å²) in [5, 5.41) is 35.0. The molecule has 6 nitrogen and oxygen atoms in total. The van der Waals surface area contributed by atoms with Gasteiger partial charge in [0.1, 0.15) is 5.75 Å². The Morgan fingerprint density at radius 1 is 1.00 bits per heavy atom. The number of hydrogen-bond acceptors (Lipinski definition) is 6. The summed E-state index contributed by atoms with van der Waals surface area (Å²) in [6.45, 7) is 0.101. The number of nitrogens with zero attached hydrogens (tertiary/aromatic N) is 1. The molecule has 0 aliphatic heterocycles. The van der Waals surface area contributed by atoms with Crippen LogP contribution in [0.2, 0.25) is 10.0 Å². The Morgan fingerprint density at radius 3 is 2.40 bits per heavy atom. The fourth-order valence-electron chi connectivity index (χ4n) is 2.84. The van der Waals surface area contributed by atoms with Crippen LogP contribution >= 0.6 is 35.0 Å². The highest BCUT2D eigenvalue weighted by Crippen LogP contribution is 2.36. The Bertz CT molecular complexity index is 1060. The molecular weight excluding hydrogens is 447 g/mol. The molecule has 0 heterocycles. The topological polar surface area (TPSA) is 95.6 Å². The summed E-state index contributed by atoms with van der Waals surface area (Å²) in [7, 11) is 0. The van der Waals surface area contributed by atoms with Gasteiger partial charge in [0.2, 0.25) is 0 Å². The van der Waals surface area contributed by atoms with Crippen LogP contribution < -0.4 is 5.32 Å². The molecular formula is C21H18Cl2N2O4S. The number of hydrogen-bond donors (Lipinski definition) is 3. The van der Waals surface area contributed by atoms with Gasteiger partial charge >= 0.3 is 0 Å². The number of nitro groups is 1. The number of aliphatic hydroxyl groups excluding tert-OH is 1. The van der Waals surface area contributed by atoms with E-state index in [1.54, 1.807) is 30.3 Å². The number of nitro benzene ring substituents is 1. The lowest BCUT2D eigenvalue weighted by Crippen LogP contribution is -2.04. The quantitative estimate of drug-likeness (QED) is 0.218. The van der Waals surface area contributed by atoms with E-state index in [0.29, 0.717) is 26.9 Å². The first-order valence-corrected chi connectivity index (χ1v) is 10.5. The number of non-ortho nitro benzene ring substituents is 1. The van der Waals surface area contributed by atoms with Crippen molar-refractivity contribution < 1.29 is 15.1 Å². The van der Waals surface area contributed by atoms with E-state index in [-0.39, 0.29) is 31.0 Å². The molecule has 30 heavy (non-hydrogen) atoms. The molecule has 9 heteroatoms. The van der Waals surface area contributed by atoms with Crippen molar-refractivity contribution in [2.45, 2.75) is 22.8 Å². The average molecular weight is 465 g/mol. The molecule has 0 radical (unpaired) electrons. The van der Waals surface area contributed by atoms with E-state index in [9.17, 15) is 15.2 Å². The molecule has 0 amide bonds. The predicted molar refractivity (Wildman–Crippen MR) is 120 cm³/mol. The van der Waals surface area contributed by atoms with Gasteiger partial charge in [-0.15, -0.1) is 0 Å². The van der Waals surface area contributed by atoms with Gasteiger partial charge in [-0.2, -0.15) is 0 Å². The molecule has 3 rings (SSSR count). The van der Waals surface area contributed by atoms with Crippen LogP contribution in [0.15, 0.2) is 64.4 Å². The summed E-state index contributed by atoms with van der Waals surface area (Å²) in [5.74, 6) is -0.00853. The van der Waals surface area contributed by atoms with Gasteiger partial charge in [-0.05, 0) is 60.0 Å². The maximum atomic E-state index is 11.2. The molecule has 0 fully saturated rings. The standard InChI is InChI=1S/C21H18Cl2N2O4S/c22-15-1-4-18(5-2-15)30-20-6-3-17(25(28)29)10-14(20)12-24-19-11-16(23)9-13(7-8-26)21(19)27/h1-6,9-11,24,26-27H,7-8,12H2. The van der Waals surface area contributed by atoms with Crippen molar-refractivity contribution in [3.05, 3.63) is 85.9 Å². The molecule has 0 saturated heterocycles. The zero-order valence-electron chi connectivity index (χ0n) is 15.6. The second-order valence-corrected chi connectivity index (χ2v) is 8.38. The van der Waals surface area contributed by atoms with Crippen molar-refractivity contribution in [1.82, 2.24) is 0 Å². The van der Waals surface area contributed by atoms with Crippen LogP contribution in [0.25, 0.3) is 0 Å². The van der Waals surface area contributed by atoms with Gasteiger partial charge in [-0.25, -0.2) is 0 Å². The maximum Gasteiger partial charge on any atom is 0.269 e. The maximum absolute atomic E-state index is 11.2. The van der Waals surface area contributed by atoms with Gasteiger partial charge in [0, 0.05) is 45.1 Å². The van der Waals surface area contributed by atoms with E-state index in [1.165, 1.54) is 23.9 Å². The molecule has 3 N–H and O–H groups in total. The molecule has 0 saturated carbocycles. The lowest BCUT2D eigenvalue weighted by molar-refractivity contribution is -0.385. The van der Waals surface area contributed by atoms with Crippen LogP contribution in [-0.4, -0.2) is 21.7 Å². The van der Waals surface area contributed by atoms with E-state index < -0.39 is 4.92 Å². The molecule has 0 aliphatic carbocycles. The van der Waals surface area contributed by atoms with Gasteiger partial charge in [-0.1, -0.05) is 35.0 Å². The van der Waals surface area contributed by atoms with Crippen LogP contribution in [0.4, 0.5) is 11.4 Å². The van der Waals surface area contributed by atoms with Crippen molar-refractivity contribution in [3.63, 3.8) is 0 Å². The average Bonchev–Trinajstić information content (AvgIpc) is 2.72. The summed E-state index contributed by atoms with van der Waals surface area (Å²) in [4.78, 5) is 12.5. The summed E-state index contributed by atoms with van der Waals surface area (Å²) >= 11 is 13.5. The van der Waals surface area contributed by atoms with Crippen molar-refractivity contribution >= 4 is 46.3 Å². The minimum atomic E-state index is -0.448. The molecule has 0 unspecified atom stereocenters. The van der Waals surface area contributed by atoms with E-state index >= 15 is 0 Å². The Kier molecular flexibility index (Phi) is 7.44. The SMILES string of the molecule is O=[N+]([O-])c1ccc(Sc2ccc(Cl)cc2)c(CNc2cc(Cl)cc(CCO)c2O)c1. The molecule has 156 valence electrons. The number of aliphatic hydroxyl groups is 1. The van der Waals surface area contributed by atoms with Crippen LogP contribution in [0.3, 0.4) is 0 Å². The predicted octanol–water partition coefficient (Wildman–Crippen LogP) is 5.91. The smallest absolute Gasteiger partial charge is 0.269 e. The number of benzene rings is 3. The van der Waals surface area contributed by atoms with Gasteiger partial charge in [0.05, 0.1) is 10.6 Å². The van der Waals surface area contributed by atoms with E-state index in [4.69, 9.17) is 28.3 Å². The number of nitrogens with one attached hydrogen (secondary N) is 1. The zero-order chi connectivity index (χ0) is 21.7. The summed E-state index contributed by atoms with van der Waals surface area (Å²) in [6.07, 6.45) is 0.259. The monoisotopic (exact) mass is 464 g/mol. The van der Waals surface area contributed by atoms with Gasteiger partial charge < -0.3 is 15.5 Å². The molecule has 0 spiro atoms. The van der Waals surface area contributed by atoms with Gasteiger partial charge in [-0.3, -0.25) is 10.1 Å². The minimum Gasteiger partial charge on any atom is -0.505 e. The third-order valence-corrected chi connectivity index (χ3v) is 5.90. The molecule has 0 atom stereocenters. The number of aromatic hydroxyl groups is 1. The van der Waals surface area contributed by atoms with Crippen LogP contribution in [-0.2, 0) is 13.0 Å². The highest BCUT2D eigenvalue weighted by molar-refractivity contribution is 7.99. The third kappa shape index (κ3) is 5.58.